The lowest BCUT2D eigenvalue weighted by Gasteiger charge is -2.14. The van der Waals surface area contributed by atoms with E-state index in [0.717, 1.165) is 18.4 Å². The zero-order valence-corrected chi connectivity index (χ0v) is 10.3. The van der Waals surface area contributed by atoms with E-state index in [-0.39, 0.29) is 0 Å². The Labute approximate surface area is 101 Å². The maximum absolute atomic E-state index is 5.60. The van der Waals surface area contributed by atoms with Crippen LogP contribution in [0.4, 0.5) is 6.01 Å². The van der Waals surface area contributed by atoms with Crippen molar-refractivity contribution in [1.82, 2.24) is 10.2 Å². The molecule has 0 radical (unpaired) electrons. The summed E-state index contributed by atoms with van der Waals surface area (Å²) in [6, 6.07) is 0.527. The van der Waals surface area contributed by atoms with Crippen LogP contribution in [-0.4, -0.2) is 22.6 Å². The molecule has 2 rings (SSSR count). The summed E-state index contributed by atoms with van der Waals surface area (Å²) in [7, 11) is 0. The smallest absolute Gasteiger partial charge is 0.315 e. The average Bonchev–Trinajstić information content (AvgIpc) is 2.86. The summed E-state index contributed by atoms with van der Waals surface area (Å²) in [4.78, 5) is 0. The Morgan fingerprint density at radius 3 is 3.00 bits per heavy atom. The summed E-state index contributed by atoms with van der Waals surface area (Å²) in [5.41, 5.74) is 0. The molecule has 1 saturated carbocycles. The van der Waals surface area contributed by atoms with Gasteiger partial charge in [-0.15, -0.1) is 16.7 Å². The van der Waals surface area contributed by atoms with E-state index in [1.54, 1.807) is 0 Å². The van der Waals surface area contributed by atoms with Crippen LogP contribution in [0.2, 0.25) is 0 Å². The van der Waals surface area contributed by atoms with Crippen molar-refractivity contribution < 1.29 is 4.42 Å². The summed E-state index contributed by atoms with van der Waals surface area (Å²) in [5, 5.41) is 11.1. The Morgan fingerprint density at radius 1 is 1.44 bits per heavy atom. The van der Waals surface area contributed by atoms with Gasteiger partial charge in [0.05, 0.1) is 0 Å². The Hall–Kier alpha value is -0.770. The predicted octanol–water partition coefficient (Wildman–Crippen LogP) is 2.70. The molecule has 1 N–H and O–H groups in total. The first-order chi connectivity index (χ1) is 7.79. The third-order valence-electron chi connectivity index (χ3n) is 3.33. The first-order valence-electron chi connectivity index (χ1n) is 5.92. The number of aryl methyl sites for hydroxylation is 1. The number of nitrogens with zero attached hydrogens (tertiary/aromatic N) is 2. The van der Waals surface area contributed by atoms with Crippen molar-refractivity contribution in [3.05, 3.63) is 5.89 Å². The second-order valence-corrected chi connectivity index (χ2v) is 4.87. The highest BCUT2D eigenvalue weighted by molar-refractivity contribution is 6.17. The fraction of sp³-hybridized carbons (Fsp3) is 0.818. The van der Waals surface area contributed by atoms with Crippen LogP contribution in [0.25, 0.3) is 0 Å². The molecule has 0 amide bonds. The van der Waals surface area contributed by atoms with Gasteiger partial charge in [0.2, 0.25) is 5.89 Å². The van der Waals surface area contributed by atoms with Crippen LogP contribution in [0.5, 0.6) is 0 Å². The fourth-order valence-electron chi connectivity index (χ4n) is 2.25. The summed E-state index contributed by atoms with van der Waals surface area (Å²) in [6.07, 6.45) is 4.62. The second-order valence-electron chi connectivity index (χ2n) is 4.49. The minimum atomic E-state index is 0.515. The molecule has 2 atom stereocenters. The molecular weight excluding hydrogens is 226 g/mol. The highest BCUT2D eigenvalue weighted by atomic mass is 35.5. The molecule has 0 aliphatic heterocycles. The van der Waals surface area contributed by atoms with Crippen LogP contribution in [0.15, 0.2) is 4.42 Å². The van der Waals surface area contributed by atoms with Crippen molar-refractivity contribution in [3.63, 3.8) is 0 Å². The summed E-state index contributed by atoms with van der Waals surface area (Å²) in [5.74, 6) is 2.67. The van der Waals surface area contributed by atoms with Gasteiger partial charge in [0.1, 0.15) is 0 Å². The molecular formula is C11H18ClN3O. The Bertz CT molecular complexity index is 329. The van der Waals surface area contributed by atoms with Crippen molar-refractivity contribution in [3.8, 4) is 0 Å². The third kappa shape index (κ3) is 2.88. The van der Waals surface area contributed by atoms with Gasteiger partial charge in [-0.2, -0.15) is 0 Å². The van der Waals surface area contributed by atoms with Crippen LogP contribution >= 0.6 is 11.6 Å². The first-order valence-corrected chi connectivity index (χ1v) is 6.45. The highest BCUT2D eigenvalue weighted by Crippen LogP contribution is 2.31. The number of aromatic nitrogens is 2. The first kappa shape index (κ1) is 11.7. The van der Waals surface area contributed by atoms with Crippen LogP contribution < -0.4 is 5.32 Å². The largest absolute Gasteiger partial charge is 0.408 e. The molecule has 1 fully saturated rings. The van der Waals surface area contributed by atoms with Crippen molar-refractivity contribution in [2.45, 2.75) is 32.6 Å². The average molecular weight is 244 g/mol. The molecule has 1 aliphatic carbocycles. The van der Waals surface area contributed by atoms with E-state index in [1.165, 1.54) is 19.3 Å². The molecule has 4 nitrogen and oxygen atoms in total. The third-order valence-corrected chi connectivity index (χ3v) is 3.52. The molecule has 1 aromatic rings. The molecule has 0 aromatic carbocycles. The van der Waals surface area contributed by atoms with Crippen molar-refractivity contribution in [2.75, 3.05) is 17.7 Å². The van der Waals surface area contributed by atoms with Crippen molar-refractivity contribution in [1.29, 1.82) is 0 Å². The number of rotatable bonds is 5. The molecule has 0 bridgehead atoms. The molecule has 5 heteroatoms. The van der Waals surface area contributed by atoms with Crippen LogP contribution in [0, 0.1) is 11.8 Å². The Balaban J connectivity index is 1.80. The zero-order chi connectivity index (χ0) is 11.4. The van der Waals surface area contributed by atoms with Gasteiger partial charge in [-0.3, -0.25) is 0 Å². The molecule has 1 aliphatic rings. The lowest BCUT2D eigenvalue weighted by molar-refractivity contribution is 0.431. The fourth-order valence-corrected chi connectivity index (χ4v) is 2.41. The van der Waals surface area contributed by atoms with Crippen molar-refractivity contribution >= 4 is 17.6 Å². The molecule has 90 valence electrons. The van der Waals surface area contributed by atoms with Crippen LogP contribution in [0.1, 0.15) is 32.1 Å². The van der Waals surface area contributed by atoms with E-state index in [2.05, 4.69) is 22.4 Å². The van der Waals surface area contributed by atoms with Gasteiger partial charge >= 0.3 is 6.01 Å². The Kier molecular flexibility index (Phi) is 4.04. The van der Waals surface area contributed by atoms with Crippen LogP contribution in [-0.2, 0) is 6.42 Å². The normalized spacial score (nSPS) is 24.9. The monoisotopic (exact) mass is 243 g/mol. The van der Waals surface area contributed by atoms with E-state index in [1.807, 2.05) is 0 Å². The number of hydrogen-bond donors (Lipinski definition) is 1. The van der Waals surface area contributed by atoms with Gasteiger partial charge in [-0.25, -0.2) is 0 Å². The quantitative estimate of drug-likeness (QED) is 0.808. The SMILES string of the molecule is CC1CCCC1CNc1nnc(CCCl)o1. The number of nitrogens with one attached hydrogen (secondary N) is 1. The molecule has 1 aromatic heterocycles. The zero-order valence-electron chi connectivity index (χ0n) is 9.58. The molecule has 0 saturated heterocycles. The highest BCUT2D eigenvalue weighted by Gasteiger charge is 2.23. The van der Waals surface area contributed by atoms with Gasteiger partial charge < -0.3 is 9.73 Å². The molecule has 0 spiro atoms. The maximum Gasteiger partial charge on any atom is 0.315 e. The van der Waals surface area contributed by atoms with Gasteiger partial charge in [-0.05, 0) is 18.3 Å². The molecule has 1 heterocycles. The summed E-state index contributed by atoms with van der Waals surface area (Å²) >= 11 is 5.60. The minimum absolute atomic E-state index is 0.515. The van der Waals surface area contributed by atoms with Gasteiger partial charge in [0.15, 0.2) is 0 Å². The Morgan fingerprint density at radius 2 is 2.31 bits per heavy atom. The van der Waals surface area contributed by atoms with Gasteiger partial charge in [0, 0.05) is 18.8 Å². The standard InChI is InChI=1S/C11H18ClN3O/c1-8-3-2-4-9(8)7-13-11-15-14-10(16-11)5-6-12/h8-9H,2-7H2,1H3,(H,13,15). The van der Waals surface area contributed by atoms with E-state index in [4.69, 9.17) is 16.0 Å². The van der Waals surface area contributed by atoms with Gasteiger partial charge in [0.25, 0.3) is 0 Å². The number of anilines is 1. The number of halogens is 1. The minimum Gasteiger partial charge on any atom is -0.408 e. The van der Waals surface area contributed by atoms with E-state index >= 15 is 0 Å². The molecule has 2 unspecified atom stereocenters. The van der Waals surface area contributed by atoms with E-state index in [0.29, 0.717) is 24.2 Å². The maximum atomic E-state index is 5.60. The predicted molar refractivity (Wildman–Crippen MR) is 63.7 cm³/mol. The van der Waals surface area contributed by atoms with Gasteiger partial charge in [-0.1, -0.05) is 24.9 Å². The van der Waals surface area contributed by atoms with E-state index in [9.17, 15) is 0 Å². The van der Waals surface area contributed by atoms with Crippen LogP contribution in [0.3, 0.4) is 0 Å². The summed E-state index contributed by atoms with van der Waals surface area (Å²) < 4.78 is 5.40. The van der Waals surface area contributed by atoms with E-state index < -0.39 is 0 Å². The lowest BCUT2D eigenvalue weighted by atomic mass is 9.98. The topological polar surface area (TPSA) is 51.0 Å². The molecule has 16 heavy (non-hydrogen) atoms. The second kappa shape index (κ2) is 5.53. The summed E-state index contributed by atoms with van der Waals surface area (Å²) in [6.45, 7) is 3.25. The lowest BCUT2D eigenvalue weighted by Crippen LogP contribution is -2.16. The van der Waals surface area contributed by atoms with Crippen molar-refractivity contribution in [2.24, 2.45) is 11.8 Å². The number of hydrogen-bond acceptors (Lipinski definition) is 4. The number of alkyl halides is 1.